The van der Waals surface area contributed by atoms with E-state index in [1.807, 2.05) is 13.1 Å². The van der Waals surface area contributed by atoms with Crippen LogP contribution in [0.3, 0.4) is 0 Å². The lowest BCUT2D eigenvalue weighted by atomic mass is 9.96. The van der Waals surface area contributed by atoms with E-state index in [2.05, 4.69) is 54.2 Å². The summed E-state index contributed by atoms with van der Waals surface area (Å²) in [6.07, 6.45) is 4.21. The molecule has 0 spiro atoms. The predicted octanol–water partition coefficient (Wildman–Crippen LogP) is 3.02. The van der Waals surface area contributed by atoms with Gasteiger partial charge in [-0.3, -0.25) is 0 Å². The number of aromatic nitrogens is 1. The van der Waals surface area contributed by atoms with Crippen molar-refractivity contribution in [3.63, 3.8) is 0 Å². The number of hydrogen-bond donors (Lipinski definition) is 0. The molecule has 0 unspecified atom stereocenters. The maximum absolute atomic E-state index is 2.16. The summed E-state index contributed by atoms with van der Waals surface area (Å²) in [6.45, 7) is 2.16. The quantitative estimate of drug-likeness (QED) is 0.676. The first-order valence-corrected chi connectivity index (χ1v) is 4.78. The third-order valence-corrected chi connectivity index (χ3v) is 2.47. The number of benzene rings is 1. The summed E-state index contributed by atoms with van der Waals surface area (Å²) < 4.78 is 2.07. The minimum absolute atomic E-state index is 1.29. The highest BCUT2D eigenvalue weighted by Crippen LogP contribution is 2.22. The number of rotatable bonds is 2. The minimum Gasteiger partial charge on any atom is -0.357 e. The van der Waals surface area contributed by atoms with Crippen molar-refractivity contribution < 1.29 is 0 Å². The van der Waals surface area contributed by atoms with Crippen molar-refractivity contribution in [2.45, 2.75) is 6.92 Å². The normalized spacial score (nSPS) is 10.8. The fourth-order valence-electron chi connectivity index (χ4n) is 1.58. The topological polar surface area (TPSA) is 4.93 Å². The lowest BCUT2D eigenvalue weighted by Gasteiger charge is -2.08. The molecule has 2 aromatic rings. The van der Waals surface area contributed by atoms with Crippen LogP contribution in [0.15, 0.2) is 48.8 Å². The van der Waals surface area contributed by atoms with Crippen LogP contribution in [0, 0.1) is 5.92 Å². The summed E-state index contributed by atoms with van der Waals surface area (Å²) in [5, 5.41) is 0. The Balaban J connectivity index is 2.29. The molecule has 0 N–H and O–H groups in total. The van der Waals surface area contributed by atoms with E-state index in [0.717, 1.165) is 0 Å². The Kier molecular flexibility index (Phi) is 2.40. The predicted molar refractivity (Wildman–Crippen MR) is 59.0 cm³/mol. The van der Waals surface area contributed by atoms with Gasteiger partial charge in [-0.15, -0.1) is 0 Å². The highest BCUT2D eigenvalue weighted by Gasteiger charge is 2.08. The Bertz CT molecular complexity index is 400. The molecule has 0 aliphatic heterocycles. The van der Waals surface area contributed by atoms with Gasteiger partial charge in [0.25, 0.3) is 0 Å². The van der Waals surface area contributed by atoms with Gasteiger partial charge in [0.1, 0.15) is 0 Å². The average Bonchev–Trinajstić information content (AvgIpc) is 2.65. The molecule has 0 saturated heterocycles. The van der Waals surface area contributed by atoms with Crippen molar-refractivity contribution in [2.75, 3.05) is 0 Å². The first kappa shape index (κ1) is 9.07. The Labute approximate surface area is 85.0 Å². The Hall–Kier alpha value is -1.50. The fourth-order valence-corrected chi connectivity index (χ4v) is 1.58. The number of aryl methyl sites for hydroxylation is 1. The van der Waals surface area contributed by atoms with Crippen LogP contribution in [0.2, 0.25) is 0 Å². The molecule has 1 nitrogen and oxygen atoms in total. The van der Waals surface area contributed by atoms with E-state index in [4.69, 9.17) is 0 Å². The van der Waals surface area contributed by atoms with Crippen molar-refractivity contribution in [2.24, 2.45) is 7.05 Å². The van der Waals surface area contributed by atoms with Crippen LogP contribution in [0.1, 0.15) is 18.1 Å². The highest BCUT2D eigenvalue weighted by molar-refractivity contribution is 5.43. The van der Waals surface area contributed by atoms with Gasteiger partial charge in [0.05, 0.1) is 0 Å². The van der Waals surface area contributed by atoms with Gasteiger partial charge in [0, 0.05) is 25.4 Å². The van der Waals surface area contributed by atoms with Crippen LogP contribution in [-0.4, -0.2) is 4.57 Å². The molecular formula is C13H14N. The molecular weight excluding hydrogens is 170 g/mol. The smallest absolute Gasteiger partial charge is 0.0324 e. The van der Waals surface area contributed by atoms with Crippen molar-refractivity contribution in [3.05, 3.63) is 65.8 Å². The molecule has 0 atom stereocenters. The molecule has 1 aromatic heterocycles. The van der Waals surface area contributed by atoms with Gasteiger partial charge in [-0.05, 0) is 17.2 Å². The van der Waals surface area contributed by atoms with Gasteiger partial charge < -0.3 is 4.57 Å². The lowest BCUT2D eigenvalue weighted by molar-refractivity contribution is 0.922. The maximum atomic E-state index is 2.16. The van der Waals surface area contributed by atoms with Crippen LogP contribution >= 0.6 is 0 Å². The molecule has 0 saturated carbocycles. The van der Waals surface area contributed by atoms with Crippen molar-refractivity contribution in [3.8, 4) is 0 Å². The summed E-state index contributed by atoms with van der Waals surface area (Å²) in [6, 6.07) is 12.6. The van der Waals surface area contributed by atoms with E-state index in [1.54, 1.807) is 0 Å². The first-order valence-electron chi connectivity index (χ1n) is 4.78. The molecule has 1 heterocycles. The van der Waals surface area contributed by atoms with E-state index in [0.29, 0.717) is 0 Å². The summed E-state index contributed by atoms with van der Waals surface area (Å²) >= 11 is 0. The van der Waals surface area contributed by atoms with Crippen LogP contribution in [0.4, 0.5) is 0 Å². The average molecular weight is 184 g/mol. The second-order valence-corrected chi connectivity index (χ2v) is 3.56. The Morgan fingerprint density at radius 2 is 1.71 bits per heavy atom. The Morgan fingerprint density at radius 3 is 2.29 bits per heavy atom. The van der Waals surface area contributed by atoms with Crippen molar-refractivity contribution >= 4 is 0 Å². The monoisotopic (exact) mass is 184 g/mol. The zero-order chi connectivity index (χ0) is 9.97. The van der Waals surface area contributed by atoms with Gasteiger partial charge in [-0.1, -0.05) is 37.3 Å². The third kappa shape index (κ3) is 1.72. The Morgan fingerprint density at radius 1 is 1.00 bits per heavy atom. The number of hydrogen-bond acceptors (Lipinski definition) is 0. The molecule has 2 rings (SSSR count). The summed E-state index contributed by atoms with van der Waals surface area (Å²) in [7, 11) is 2.04. The molecule has 1 heteroatoms. The summed E-state index contributed by atoms with van der Waals surface area (Å²) in [4.78, 5) is 0. The second-order valence-electron chi connectivity index (χ2n) is 3.56. The summed E-state index contributed by atoms with van der Waals surface area (Å²) in [5.74, 6) is 1.33. The molecule has 71 valence electrons. The van der Waals surface area contributed by atoms with Crippen LogP contribution in [-0.2, 0) is 7.05 Å². The molecule has 0 aliphatic carbocycles. The zero-order valence-corrected chi connectivity index (χ0v) is 8.57. The summed E-state index contributed by atoms with van der Waals surface area (Å²) in [5.41, 5.74) is 2.58. The molecule has 0 aliphatic rings. The standard InChI is InChI=1S/C13H14N/c1-11(12-6-4-3-5-7-12)13-8-9-14(2)10-13/h3-10H,1-2H3. The van der Waals surface area contributed by atoms with Gasteiger partial charge >= 0.3 is 0 Å². The molecule has 0 bridgehead atoms. The van der Waals surface area contributed by atoms with Crippen LogP contribution in [0.5, 0.6) is 0 Å². The van der Waals surface area contributed by atoms with Gasteiger partial charge in [-0.25, -0.2) is 0 Å². The molecule has 0 amide bonds. The SMILES string of the molecule is C[C](c1ccccc1)c1ccn(C)c1. The second kappa shape index (κ2) is 3.70. The number of nitrogens with zero attached hydrogens (tertiary/aromatic N) is 1. The first-order chi connectivity index (χ1) is 6.77. The maximum Gasteiger partial charge on any atom is 0.0324 e. The van der Waals surface area contributed by atoms with E-state index in [9.17, 15) is 0 Å². The lowest BCUT2D eigenvalue weighted by Crippen LogP contribution is -1.94. The van der Waals surface area contributed by atoms with Crippen LogP contribution in [0.25, 0.3) is 0 Å². The van der Waals surface area contributed by atoms with E-state index >= 15 is 0 Å². The third-order valence-electron chi connectivity index (χ3n) is 2.47. The molecule has 1 radical (unpaired) electrons. The van der Waals surface area contributed by atoms with Gasteiger partial charge in [0.2, 0.25) is 0 Å². The van der Waals surface area contributed by atoms with Crippen molar-refractivity contribution in [1.82, 2.24) is 4.57 Å². The van der Waals surface area contributed by atoms with Gasteiger partial charge in [-0.2, -0.15) is 0 Å². The van der Waals surface area contributed by atoms with Crippen molar-refractivity contribution in [1.29, 1.82) is 0 Å². The molecule has 14 heavy (non-hydrogen) atoms. The largest absolute Gasteiger partial charge is 0.357 e. The van der Waals surface area contributed by atoms with Crippen LogP contribution < -0.4 is 0 Å². The van der Waals surface area contributed by atoms with E-state index in [-0.39, 0.29) is 0 Å². The minimum atomic E-state index is 1.29. The van der Waals surface area contributed by atoms with Gasteiger partial charge in [0.15, 0.2) is 0 Å². The van der Waals surface area contributed by atoms with E-state index < -0.39 is 0 Å². The van der Waals surface area contributed by atoms with E-state index in [1.165, 1.54) is 17.0 Å². The fraction of sp³-hybridized carbons (Fsp3) is 0.154. The zero-order valence-electron chi connectivity index (χ0n) is 8.57. The molecule has 1 aromatic carbocycles. The molecule has 0 fully saturated rings. The highest BCUT2D eigenvalue weighted by atomic mass is 14.9.